The van der Waals surface area contributed by atoms with Crippen LogP contribution < -0.4 is 15.5 Å². The number of aromatic carboxylic acids is 1. The van der Waals surface area contributed by atoms with E-state index in [-0.39, 0.29) is 5.56 Å². The summed E-state index contributed by atoms with van der Waals surface area (Å²) in [4.78, 5) is 34.5. The third-order valence-electron chi connectivity index (χ3n) is 4.84. The molecule has 0 aliphatic carbocycles. The third kappa shape index (κ3) is 4.54. The number of anilines is 3. The Hall–Kier alpha value is -3.94. The Morgan fingerprint density at radius 1 is 0.933 bits per heavy atom. The van der Waals surface area contributed by atoms with E-state index >= 15 is 0 Å². The Kier molecular flexibility index (Phi) is 5.56. The minimum atomic E-state index is -1.01. The van der Waals surface area contributed by atoms with Crippen molar-refractivity contribution in [3.63, 3.8) is 0 Å². The van der Waals surface area contributed by atoms with Gasteiger partial charge in [0, 0.05) is 36.2 Å². The molecular formula is C22H21N5O3. The van der Waals surface area contributed by atoms with Crippen molar-refractivity contribution in [2.45, 2.75) is 12.8 Å². The van der Waals surface area contributed by atoms with Crippen LogP contribution in [0, 0.1) is 0 Å². The molecule has 1 fully saturated rings. The highest BCUT2D eigenvalue weighted by molar-refractivity contribution is 6.00. The van der Waals surface area contributed by atoms with E-state index in [4.69, 9.17) is 5.11 Å². The number of amides is 2. The van der Waals surface area contributed by atoms with Crippen LogP contribution in [0.3, 0.4) is 0 Å². The van der Waals surface area contributed by atoms with Gasteiger partial charge in [-0.3, -0.25) is 0 Å². The second-order valence-electron chi connectivity index (χ2n) is 6.98. The summed E-state index contributed by atoms with van der Waals surface area (Å²) in [5.74, 6) is 0.505. The maximum absolute atomic E-state index is 12.3. The van der Waals surface area contributed by atoms with E-state index in [2.05, 4.69) is 25.5 Å². The lowest BCUT2D eigenvalue weighted by Crippen LogP contribution is -2.19. The molecule has 3 N–H and O–H groups in total. The van der Waals surface area contributed by atoms with Crippen molar-refractivity contribution in [2.75, 3.05) is 28.6 Å². The highest BCUT2D eigenvalue weighted by Crippen LogP contribution is 2.23. The number of carboxylic acids is 1. The molecule has 0 radical (unpaired) electrons. The molecule has 0 atom stereocenters. The molecule has 0 saturated carbocycles. The van der Waals surface area contributed by atoms with Crippen LogP contribution in [0.1, 0.15) is 23.2 Å². The quantitative estimate of drug-likeness (QED) is 0.592. The molecule has 1 aliphatic heterocycles. The average molecular weight is 403 g/mol. The zero-order valence-corrected chi connectivity index (χ0v) is 16.2. The van der Waals surface area contributed by atoms with Crippen molar-refractivity contribution in [1.82, 2.24) is 9.97 Å². The number of carboxylic acid groups (broad SMARTS) is 1. The topological polar surface area (TPSA) is 107 Å². The Bertz CT molecular complexity index is 1060. The van der Waals surface area contributed by atoms with Gasteiger partial charge in [-0.2, -0.15) is 0 Å². The number of carbonyl (C=O) groups is 2. The molecule has 2 heterocycles. The molecular weight excluding hydrogens is 382 g/mol. The van der Waals surface area contributed by atoms with Crippen LogP contribution >= 0.6 is 0 Å². The van der Waals surface area contributed by atoms with Crippen molar-refractivity contribution >= 4 is 29.2 Å². The molecule has 152 valence electrons. The van der Waals surface area contributed by atoms with Crippen molar-refractivity contribution in [3.05, 3.63) is 66.4 Å². The summed E-state index contributed by atoms with van der Waals surface area (Å²) >= 11 is 0. The minimum Gasteiger partial charge on any atom is -0.478 e. The number of urea groups is 1. The number of benzene rings is 2. The van der Waals surface area contributed by atoms with Gasteiger partial charge in [-0.05, 0) is 55.3 Å². The Labute approximate surface area is 173 Å². The van der Waals surface area contributed by atoms with Gasteiger partial charge >= 0.3 is 12.0 Å². The fourth-order valence-corrected chi connectivity index (χ4v) is 3.34. The van der Waals surface area contributed by atoms with Gasteiger partial charge in [0.1, 0.15) is 5.82 Å². The van der Waals surface area contributed by atoms with Gasteiger partial charge < -0.3 is 20.6 Å². The highest BCUT2D eigenvalue weighted by atomic mass is 16.4. The molecule has 0 bridgehead atoms. The molecule has 0 unspecified atom stereocenters. The predicted molar refractivity (Wildman–Crippen MR) is 115 cm³/mol. The second-order valence-corrected chi connectivity index (χ2v) is 6.98. The van der Waals surface area contributed by atoms with Crippen LogP contribution in [0.2, 0.25) is 0 Å². The molecule has 1 aliphatic rings. The van der Waals surface area contributed by atoms with Crippen LogP contribution in [-0.2, 0) is 0 Å². The number of aromatic nitrogens is 2. The lowest BCUT2D eigenvalue weighted by Gasteiger charge is -2.16. The average Bonchev–Trinajstić information content (AvgIpc) is 3.29. The molecule has 3 aromatic rings. The number of hydrogen-bond acceptors (Lipinski definition) is 5. The van der Waals surface area contributed by atoms with E-state index in [0.29, 0.717) is 17.2 Å². The SMILES string of the molecule is O=C(Nc1ccc(C(=O)O)cc1)Nc1cccc(-c2nccc(N3CCCC3)n2)c1. The maximum Gasteiger partial charge on any atom is 0.335 e. The molecule has 4 rings (SSSR count). The van der Waals surface area contributed by atoms with Gasteiger partial charge in [0.2, 0.25) is 0 Å². The van der Waals surface area contributed by atoms with Crippen molar-refractivity contribution < 1.29 is 14.7 Å². The number of nitrogens with zero attached hydrogens (tertiary/aromatic N) is 3. The molecule has 2 amide bonds. The summed E-state index contributed by atoms with van der Waals surface area (Å²) in [7, 11) is 0. The van der Waals surface area contributed by atoms with Crippen molar-refractivity contribution in [3.8, 4) is 11.4 Å². The van der Waals surface area contributed by atoms with Gasteiger partial charge in [0.25, 0.3) is 0 Å². The number of carbonyl (C=O) groups excluding carboxylic acids is 1. The predicted octanol–water partition coefficient (Wildman–Crippen LogP) is 4.09. The summed E-state index contributed by atoms with van der Waals surface area (Å²) in [5, 5.41) is 14.4. The van der Waals surface area contributed by atoms with Crippen LogP contribution in [0.25, 0.3) is 11.4 Å². The standard InChI is InChI=1S/C22H21N5O3/c28-21(29)15-6-8-17(9-7-15)24-22(30)25-18-5-3-4-16(14-18)20-23-11-10-19(26-20)27-12-1-2-13-27/h3-11,14H,1-2,12-13H2,(H,28,29)(H2,24,25,30). The summed E-state index contributed by atoms with van der Waals surface area (Å²) in [5.41, 5.74) is 2.06. The molecule has 1 saturated heterocycles. The number of rotatable bonds is 5. The van der Waals surface area contributed by atoms with E-state index in [1.165, 1.54) is 37.1 Å². The molecule has 2 aromatic carbocycles. The molecule has 8 nitrogen and oxygen atoms in total. The smallest absolute Gasteiger partial charge is 0.335 e. The lowest BCUT2D eigenvalue weighted by atomic mass is 10.2. The van der Waals surface area contributed by atoms with Gasteiger partial charge in [-0.25, -0.2) is 19.6 Å². The first-order valence-corrected chi connectivity index (χ1v) is 9.68. The van der Waals surface area contributed by atoms with E-state index in [1.54, 1.807) is 12.3 Å². The van der Waals surface area contributed by atoms with Crippen molar-refractivity contribution in [1.29, 1.82) is 0 Å². The number of hydrogen-bond donors (Lipinski definition) is 3. The highest BCUT2D eigenvalue weighted by Gasteiger charge is 2.15. The zero-order chi connectivity index (χ0) is 20.9. The van der Waals surface area contributed by atoms with Gasteiger partial charge in [0.05, 0.1) is 5.56 Å². The largest absolute Gasteiger partial charge is 0.478 e. The normalized spacial score (nSPS) is 13.1. The second kappa shape index (κ2) is 8.60. The first kappa shape index (κ1) is 19.4. The van der Waals surface area contributed by atoms with Gasteiger partial charge in [0.15, 0.2) is 5.82 Å². The molecule has 1 aromatic heterocycles. The molecule has 30 heavy (non-hydrogen) atoms. The molecule has 8 heteroatoms. The van der Waals surface area contributed by atoms with Gasteiger partial charge in [-0.1, -0.05) is 12.1 Å². The van der Waals surface area contributed by atoms with Crippen LogP contribution in [0.4, 0.5) is 22.0 Å². The Morgan fingerprint density at radius 3 is 2.40 bits per heavy atom. The van der Waals surface area contributed by atoms with Crippen LogP contribution in [0.5, 0.6) is 0 Å². The first-order chi connectivity index (χ1) is 14.6. The van der Waals surface area contributed by atoms with E-state index in [1.807, 2.05) is 24.3 Å². The van der Waals surface area contributed by atoms with E-state index < -0.39 is 12.0 Å². The third-order valence-corrected chi connectivity index (χ3v) is 4.84. The summed E-state index contributed by atoms with van der Waals surface area (Å²) in [6, 6.07) is 14.8. The Morgan fingerprint density at radius 2 is 1.67 bits per heavy atom. The Balaban J connectivity index is 1.45. The fourth-order valence-electron chi connectivity index (χ4n) is 3.34. The minimum absolute atomic E-state index is 0.157. The fraction of sp³-hybridized carbons (Fsp3) is 0.182. The summed E-state index contributed by atoms with van der Waals surface area (Å²) in [6.07, 6.45) is 4.10. The lowest BCUT2D eigenvalue weighted by molar-refractivity contribution is 0.0697. The van der Waals surface area contributed by atoms with Crippen LogP contribution in [0.15, 0.2) is 60.8 Å². The summed E-state index contributed by atoms with van der Waals surface area (Å²) in [6.45, 7) is 2.01. The summed E-state index contributed by atoms with van der Waals surface area (Å²) < 4.78 is 0. The first-order valence-electron chi connectivity index (χ1n) is 9.68. The maximum atomic E-state index is 12.3. The number of nitrogens with one attached hydrogen (secondary N) is 2. The van der Waals surface area contributed by atoms with Crippen LogP contribution in [-0.4, -0.2) is 40.2 Å². The van der Waals surface area contributed by atoms with E-state index in [9.17, 15) is 9.59 Å². The molecule has 0 spiro atoms. The van der Waals surface area contributed by atoms with E-state index in [0.717, 1.165) is 24.5 Å². The zero-order valence-electron chi connectivity index (χ0n) is 16.2. The monoisotopic (exact) mass is 403 g/mol. The van der Waals surface area contributed by atoms with Gasteiger partial charge in [-0.15, -0.1) is 0 Å². The van der Waals surface area contributed by atoms with Crippen molar-refractivity contribution in [2.24, 2.45) is 0 Å².